The highest BCUT2D eigenvalue weighted by molar-refractivity contribution is 5.60. The molecule has 0 N–H and O–H groups in total. The second-order valence-corrected chi connectivity index (χ2v) is 3.09. The average molecular weight is 190 g/mol. The quantitative estimate of drug-likeness (QED) is 0.384. The number of unbranched alkanes of at least 4 members (excludes halogenated alkanes) is 1. The fourth-order valence-electron chi connectivity index (χ4n) is 1.01. The molecule has 0 aromatic heterocycles. The van der Waals surface area contributed by atoms with Crippen LogP contribution < -0.4 is 0 Å². The van der Waals surface area contributed by atoms with Gasteiger partial charge in [0.1, 0.15) is 6.61 Å². The molecule has 2 nitrogen and oxygen atoms in total. The molecular weight excluding hydrogens is 174 g/mol. The van der Waals surface area contributed by atoms with Gasteiger partial charge < -0.3 is 4.84 Å². The summed E-state index contributed by atoms with van der Waals surface area (Å²) in [7, 11) is 0. The lowest BCUT2D eigenvalue weighted by Gasteiger charge is -1.96. The van der Waals surface area contributed by atoms with E-state index in [1.165, 1.54) is 5.56 Å². The number of benzene rings is 1. The van der Waals surface area contributed by atoms with Gasteiger partial charge >= 0.3 is 0 Å². The molecule has 14 heavy (non-hydrogen) atoms. The van der Waals surface area contributed by atoms with Gasteiger partial charge in [-0.25, -0.2) is 0 Å². The highest BCUT2D eigenvalue weighted by Crippen LogP contribution is 1.97. The number of rotatable bonds is 6. The summed E-state index contributed by atoms with van der Waals surface area (Å²) in [6.07, 6.45) is 4.83. The van der Waals surface area contributed by atoms with E-state index in [1.54, 1.807) is 6.21 Å². The zero-order chi connectivity index (χ0) is 10.1. The summed E-state index contributed by atoms with van der Waals surface area (Å²) in [5.41, 5.74) is 1.23. The van der Waals surface area contributed by atoms with Crippen molar-refractivity contribution >= 4 is 6.21 Å². The summed E-state index contributed by atoms with van der Waals surface area (Å²) in [4.78, 5) is 5.06. The Kier molecular flexibility index (Phi) is 5.48. The Labute approximate surface area is 85.6 Å². The summed E-state index contributed by atoms with van der Waals surface area (Å²) in [5.74, 6) is 0. The molecule has 2 heteroatoms. The SMILES string of the molecule is CCCCON=CCc1cc[c]cc1. The fraction of sp³-hybridized carbons (Fsp3) is 0.417. The standard InChI is InChI=1S/C12H16NO/c1-2-3-11-14-13-10-9-12-7-5-4-6-8-12/h5-8,10H,2-3,9,11H2,1H3. The molecule has 0 saturated carbocycles. The molecule has 1 rings (SSSR count). The Bertz CT molecular complexity index is 256. The largest absolute Gasteiger partial charge is 0.396 e. The molecule has 0 unspecified atom stereocenters. The Morgan fingerprint density at radius 1 is 1.43 bits per heavy atom. The Balaban J connectivity index is 2.14. The number of oxime groups is 1. The topological polar surface area (TPSA) is 21.6 Å². The average Bonchev–Trinajstić information content (AvgIpc) is 2.25. The zero-order valence-corrected chi connectivity index (χ0v) is 8.57. The van der Waals surface area contributed by atoms with E-state index in [-0.39, 0.29) is 0 Å². The lowest BCUT2D eigenvalue weighted by molar-refractivity contribution is 0.142. The van der Waals surface area contributed by atoms with Crippen LogP contribution in [0.5, 0.6) is 0 Å². The molecule has 1 aromatic rings. The van der Waals surface area contributed by atoms with Gasteiger partial charge in [0.05, 0.1) is 0 Å². The van der Waals surface area contributed by atoms with Crippen molar-refractivity contribution in [3.63, 3.8) is 0 Å². The van der Waals surface area contributed by atoms with E-state index in [1.807, 2.05) is 24.3 Å². The highest BCUT2D eigenvalue weighted by Gasteiger charge is 1.86. The van der Waals surface area contributed by atoms with Crippen molar-refractivity contribution in [2.45, 2.75) is 26.2 Å². The van der Waals surface area contributed by atoms with Crippen LogP contribution in [0.3, 0.4) is 0 Å². The fourth-order valence-corrected chi connectivity index (χ4v) is 1.01. The van der Waals surface area contributed by atoms with Gasteiger partial charge in [-0.3, -0.25) is 0 Å². The lowest BCUT2D eigenvalue weighted by atomic mass is 10.2. The van der Waals surface area contributed by atoms with Gasteiger partial charge in [-0.05, 0) is 18.1 Å². The highest BCUT2D eigenvalue weighted by atomic mass is 16.6. The van der Waals surface area contributed by atoms with Crippen LogP contribution in [-0.2, 0) is 11.3 Å². The lowest BCUT2D eigenvalue weighted by Crippen LogP contribution is -1.89. The molecule has 0 bridgehead atoms. The third-order valence-corrected chi connectivity index (χ3v) is 1.85. The minimum Gasteiger partial charge on any atom is -0.396 e. The maximum atomic E-state index is 5.06. The van der Waals surface area contributed by atoms with E-state index in [4.69, 9.17) is 4.84 Å². The second kappa shape index (κ2) is 7.13. The van der Waals surface area contributed by atoms with Crippen LogP contribution in [0, 0.1) is 6.07 Å². The number of hydrogen-bond acceptors (Lipinski definition) is 2. The Morgan fingerprint density at radius 2 is 2.21 bits per heavy atom. The molecule has 1 aromatic carbocycles. The zero-order valence-electron chi connectivity index (χ0n) is 8.57. The van der Waals surface area contributed by atoms with Crippen molar-refractivity contribution in [2.75, 3.05) is 6.61 Å². The van der Waals surface area contributed by atoms with Gasteiger partial charge in [0.15, 0.2) is 0 Å². The second-order valence-electron chi connectivity index (χ2n) is 3.09. The van der Waals surface area contributed by atoms with E-state index in [9.17, 15) is 0 Å². The van der Waals surface area contributed by atoms with Crippen LogP contribution in [0.1, 0.15) is 25.3 Å². The minimum atomic E-state index is 0.718. The first-order valence-electron chi connectivity index (χ1n) is 5.02. The monoisotopic (exact) mass is 190 g/mol. The first-order valence-corrected chi connectivity index (χ1v) is 5.02. The van der Waals surface area contributed by atoms with Crippen LogP contribution >= 0.6 is 0 Å². The predicted octanol–water partition coefficient (Wildman–Crippen LogP) is 2.83. The third kappa shape index (κ3) is 4.65. The van der Waals surface area contributed by atoms with Crippen molar-refractivity contribution < 1.29 is 4.84 Å². The van der Waals surface area contributed by atoms with Crippen molar-refractivity contribution in [1.82, 2.24) is 0 Å². The molecule has 0 spiro atoms. The molecular formula is C12H16NO. The predicted molar refractivity (Wildman–Crippen MR) is 58.3 cm³/mol. The van der Waals surface area contributed by atoms with E-state index < -0.39 is 0 Å². The van der Waals surface area contributed by atoms with Crippen LogP contribution in [-0.4, -0.2) is 12.8 Å². The summed E-state index contributed by atoms with van der Waals surface area (Å²) in [6.45, 7) is 2.85. The van der Waals surface area contributed by atoms with E-state index in [2.05, 4.69) is 18.1 Å². The first-order chi connectivity index (χ1) is 6.93. The minimum absolute atomic E-state index is 0.718. The van der Waals surface area contributed by atoms with E-state index >= 15 is 0 Å². The molecule has 0 saturated heterocycles. The third-order valence-electron chi connectivity index (χ3n) is 1.85. The Morgan fingerprint density at radius 3 is 2.93 bits per heavy atom. The molecule has 0 atom stereocenters. The molecule has 0 fully saturated rings. The molecule has 0 aliphatic rings. The molecule has 75 valence electrons. The van der Waals surface area contributed by atoms with Gasteiger partial charge in [-0.2, -0.15) is 0 Å². The van der Waals surface area contributed by atoms with Crippen molar-refractivity contribution in [2.24, 2.45) is 5.16 Å². The molecule has 0 aliphatic heterocycles. The van der Waals surface area contributed by atoms with Crippen molar-refractivity contribution in [1.29, 1.82) is 0 Å². The van der Waals surface area contributed by atoms with Crippen LogP contribution in [0.15, 0.2) is 29.4 Å². The van der Waals surface area contributed by atoms with Crippen LogP contribution in [0.4, 0.5) is 0 Å². The summed E-state index contributed by atoms with van der Waals surface area (Å²) >= 11 is 0. The molecule has 0 aliphatic carbocycles. The van der Waals surface area contributed by atoms with Gasteiger partial charge in [-0.15, -0.1) is 0 Å². The van der Waals surface area contributed by atoms with Crippen molar-refractivity contribution in [3.05, 3.63) is 35.9 Å². The number of nitrogens with zero attached hydrogens (tertiary/aromatic N) is 1. The van der Waals surface area contributed by atoms with E-state index in [0.717, 1.165) is 25.9 Å². The normalized spacial score (nSPS) is 10.6. The smallest absolute Gasteiger partial charge is 0.117 e. The summed E-state index contributed by atoms with van der Waals surface area (Å²) in [6, 6.07) is 10.8. The molecule has 1 radical (unpaired) electrons. The summed E-state index contributed by atoms with van der Waals surface area (Å²) < 4.78 is 0. The van der Waals surface area contributed by atoms with Gasteiger partial charge in [-0.1, -0.05) is 42.8 Å². The molecule has 0 amide bonds. The first kappa shape index (κ1) is 10.8. The summed E-state index contributed by atoms with van der Waals surface area (Å²) in [5, 5.41) is 3.87. The van der Waals surface area contributed by atoms with Gasteiger partial charge in [0.2, 0.25) is 0 Å². The van der Waals surface area contributed by atoms with Crippen LogP contribution in [0.25, 0.3) is 0 Å². The van der Waals surface area contributed by atoms with Gasteiger partial charge in [0, 0.05) is 12.6 Å². The number of hydrogen-bond donors (Lipinski definition) is 0. The van der Waals surface area contributed by atoms with Gasteiger partial charge in [0.25, 0.3) is 0 Å². The van der Waals surface area contributed by atoms with E-state index in [0.29, 0.717) is 0 Å². The maximum Gasteiger partial charge on any atom is 0.117 e. The maximum absolute atomic E-state index is 5.06. The molecule has 0 heterocycles. The van der Waals surface area contributed by atoms with Crippen molar-refractivity contribution in [3.8, 4) is 0 Å². The Hall–Kier alpha value is -1.31. The van der Waals surface area contributed by atoms with Crippen LogP contribution in [0.2, 0.25) is 0 Å².